The van der Waals surface area contributed by atoms with Gasteiger partial charge >= 0.3 is 0 Å². The average molecular weight is 291 g/mol. The van der Waals surface area contributed by atoms with Crippen LogP contribution in [0, 0.1) is 5.92 Å². The van der Waals surface area contributed by atoms with E-state index < -0.39 is 6.04 Å². The molecule has 1 heterocycles. The van der Waals surface area contributed by atoms with E-state index in [-0.39, 0.29) is 17.6 Å². The number of phenolic OH excluding ortho intramolecular Hbond substituents is 1. The van der Waals surface area contributed by atoms with Gasteiger partial charge in [0.1, 0.15) is 5.75 Å². The summed E-state index contributed by atoms with van der Waals surface area (Å²) in [5.41, 5.74) is 7.11. The van der Waals surface area contributed by atoms with Gasteiger partial charge in [-0.15, -0.1) is 0 Å². The normalized spacial score (nSPS) is 18.4. The zero-order valence-corrected chi connectivity index (χ0v) is 12.8. The van der Waals surface area contributed by atoms with E-state index in [4.69, 9.17) is 5.73 Å². The second-order valence-corrected chi connectivity index (χ2v) is 5.74. The zero-order valence-electron chi connectivity index (χ0n) is 12.8. The molecule has 1 aliphatic heterocycles. The van der Waals surface area contributed by atoms with Gasteiger partial charge in [-0.25, -0.2) is 0 Å². The SMILES string of the molecule is CCC(C)[C@H](N)C(=O)N1CCN(c2ccc(O)cc2)CC1. The molecule has 0 aromatic heterocycles. The summed E-state index contributed by atoms with van der Waals surface area (Å²) in [4.78, 5) is 16.4. The summed E-state index contributed by atoms with van der Waals surface area (Å²) in [5, 5.41) is 9.32. The minimum absolute atomic E-state index is 0.0645. The van der Waals surface area contributed by atoms with Crippen molar-refractivity contribution < 1.29 is 9.90 Å². The Kier molecular flexibility index (Phi) is 5.07. The molecular weight excluding hydrogens is 266 g/mol. The Morgan fingerprint density at radius 3 is 2.33 bits per heavy atom. The van der Waals surface area contributed by atoms with Gasteiger partial charge in [-0.2, -0.15) is 0 Å². The van der Waals surface area contributed by atoms with Crippen LogP contribution in [0.5, 0.6) is 5.75 Å². The van der Waals surface area contributed by atoms with Crippen LogP contribution in [0.4, 0.5) is 5.69 Å². The molecule has 0 aliphatic carbocycles. The van der Waals surface area contributed by atoms with Crippen molar-refractivity contribution in [3.63, 3.8) is 0 Å². The van der Waals surface area contributed by atoms with Gasteiger partial charge in [0.25, 0.3) is 0 Å². The number of carbonyl (C=O) groups is 1. The van der Waals surface area contributed by atoms with Crippen molar-refractivity contribution in [3.8, 4) is 5.75 Å². The van der Waals surface area contributed by atoms with Crippen molar-refractivity contribution in [1.82, 2.24) is 4.90 Å². The van der Waals surface area contributed by atoms with E-state index in [9.17, 15) is 9.90 Å². The highest BCUT2D eigenvalue weighted by Gasteiger charge is 2.27. The fourth-order valence-electron chi connectivity index (χ4n) is 2.56. The summed E-state index contributed by atoms with van der Waals surface area (Å²) in [5.74, 6) is 0.550. The van der Waals surface area contributed by atoms with E-state index in [1.165, 1.54) is 0 Å². The van der Waals surface area contributed by atoms with Gasteiger partial charge in [0.15, 0.2) is 0 Å². The summed E-state index contributed by atoms with van der Waals surface area (Å²) >= 11 is 0. The van der Waals surface area contributed by atoms with E-state index in [2.05, 4.69) is 11.8 Å². The van der Waals surface area contributed by atoms with Gasteiger partial charge in [0.05, 0.1) is 6.04 Å². The molecule has 1 aliphatic rings. The number of nitrogens with zero attached hydrogens (tertiary/aromatic N) is 2. The number of aromatic hydroxyl groups is 1. The summed E-state index contributed by atoms with van der Waals surface area (Å²) < 4.78 is 0. The van der Waals surface area contributed by atoms with Crippen LogP contribution in [0.1, 0.15) is 20.3 Å². The van der Waals surface area contributed by atoms with Crippen LogP contribution >= 0.6 is 0 Å². The Morgan fingerprint density at radius 1 is 1.24 bits per heavy atom. The minimum Gasteiger partial charge on any atom is -0.508 e. The molecule has 1 fully saturated rings. The lowest BCUT2D eigenvalue weighted by Gasteiger charge is -2.37. The third kappa shape index (κ3) is 3.67. The molecular formula is C16H25N3O2. The molecule has 116 valence electrons. The molecule has 1 unspecified atom stereocenters. The molecule has 0 radical (unpaired) electrons. The van der Waals surface area contributed by atoms with Crippen LogP contribution in [0.2, 0.25) is 0 Å². The molecule has 2 rings (SSSR count). The maximum absolute atomic E-state index is 12.3. The Morgan fingerprint density at radius 2 is 1.81 bits per heavy atom. The number of hydrogen-bond donors (Lipinski definition) is 2. The molecule has 3 N–H and O–H groups in total. The van der Waals surface area contributed by atoms with Crippen molar-refractivity contribution in [3.05, 3.63) is 24.3 Å². The minimum atomic E-state index is -0.393. The molecule has 1 aromatic rings. The van der Waals surface area contributed by atoms with Crippen molar-refractivity contribution in [2.24, 2.45) is 11.7 Å². The summed E-state index contributed by atoms with van der Waals surface area (Å²) in [6.07, 6.45) is 0.917. The van der Waals surface area contributed by atoms with Crippen LogP contribution in [0.25, 0.3) is 0 Å². The number of anilines is 1. The molecule has 2 atom stereocenters. The lowest BCUT2D eigenvalue weighted by molar-refractivity contribution is -0.134. The van der Waals surface area contributed by atoms with Crippen LogP contribution in [0.15, 0.2) is 24.3 Å². The van der Waals surface area contributed by atoms with Crippen LogP contribution in [-0.4, -0.2) is 48.1 Å². The lowest BCUT2D eigenvalue weighted by Crippen LogP contribution is -2.54. The first-order valence-electron chi connectivity index (χ1n) is 7.61. The number of rotatable bonds is 4. The highest BCUT2D eigenvalue weighted by molar-refractivity contribution is 5.82. The van der Waals surface area contributed by atoms with Gasteiger partial charge in [-0.1, -0.05) is 20.3 Å². The Bertz CT molecular complexity index is 467. The largest absolute Gasteiger partial charge is 0.508 e. The smallest absolute Gasteiger partial charge is 0.239 e. The first-order valence-corrected chi connectivity index (χ1v) is 7.61. The molecule has 21 heavy (non-hydrogen) atoms. The predicted octanol–water partition coefficient (Wildman–Crippen LogP) is 1.41. The van der Waals surface area contributed by atoms with Crippen LogP contribution in [-0.2, 0) is 4.79 Å². The molecule has 0 bridgehead atoms. The number of amides is 1. The summed E-state index contributed by atoms with van der Waals surface area (Å²) in [6.45, 7) is 7.07. The Balaban J connectivity index is 1.91. The van der Waals surface area contributed by atoms with E-state index in [0.717, 1.165) is 25.2 Å². The highest BCUT2D eigenvalue weighted by Crippen LogP contribution is 2.20. The van der Waals surface area contributed by atoms with Gasteiger partial charge in [-0.05, 0) is 30.2 Å². The van der Waals surface area contributed by atoms with Crippen LogP contribution in [0.3, 0.4) is 0 Å². The quantitative estimate of drug-likeness (QED) is 0.880. The molecule has 5 heteroatoms. The van der Waals surface area contributed by atoms with Crippen molar-refractivity contribution in [2.75, 3.05) is 31.1 Å². The second kappa shape index (κ2) is 6.80. The highest BCUT2D eigenvalue weighted by atomic mass is 16.3. The maximum Gasteiger partial charge on any atom is 0.239 e. The van der Waals surface area contributed by atoms with E-state index >= 15 is 0 Å². The molecule has 5 nitrogen and oxygen atoms in total. The van der Waals surface area contributed by atoms with E-state index in [1.807, 2.05) is 24.0 Å². The number of carbonyl (C=O) groups excluding carboxylic acids is 1. The van der Waals surface area contributed by atoms with Crippen molar-refractivity contribution >= 4 is 11.6 Å². The van der Waals surface area contributed by atoms with Gasteiger partial charge in [-0.3, -0.25) is 4.79 Å². The third-order valence-electron chi connectivity index (χ3n) is 4.35. The molecule has 0 saturated carbocycles. The summed E-state index contributed by atoms with van der Waals surface area (Å²) in [6, 6.07) is 6.78. The number of benzene rings is 1. The predicted molar refractivity (Wildman–Crippen MR) is 84.3 cm³/mol. The van der Waals surface area contributed by atoms with Gasteiger partial charge in [0.2, 0.25) is 5.91 Å². The summed E-state index contributed by atoms with van der Waals surface area (Å²) in [7, 11) is 0. The van der Waals surface area contributed by atoms with Crippen molar-refractivity contribution in [1.29, 1.82) is 0 Å². The molecule has 1 saturated heterocycles. The first-order chi connectivity index (χ1) is 10.0. The van der Waals surface area contributed by atoms with Gasteiger partial charge in [0, 0.05) is 31.9 Å². The standard InChI is InChI=1S/C16H25N3O2/c1-3-12(2)15(17)16(21)19-10-8-18(9-11-19)13-4-6-14(20)7-5-13/h4-7,12,15,20H,3,8-11,17H2,1-2H3/t12?,15-/m0/s1. The van der Waals surface area contributed by atoms with E-state index in [1.54, 1.807) is 12.1 Å². The number of phenols is 1. The second-order valence-electron chi connectivity index (χ2n) is 5.74. The fraction of sp³-hybridized carbons (Fsp3) is 0.562. The maximum atomic E-state index is 12.3. The number of hydrogen-bond acceptors (Lipinski definition) is 4. The lowest BCUT2D eigenvalue weighted by atomic mass is 9.98. The van der Waals surface area contributed by atoms with Crippen LogP contribution < -0.4 is 10.6 Å². The van der Waals surface area contributed by atoms with Crippen molar-refractivity contribution in [2.45, 2.75) is 26.3 Å². The number of piperazine rings is 1. The van der Waals surface area contributed by atoms with E-state index in [0.29, 0.717) is 13.1 Å². The zero-order chi connectivity index (χ0) is 15.4. The third-order valence-corrected chi connectivity index (χ3v) is 4.35. The Labute approximate surface area is 126 Å². The first kappa shape index (κ1) is 15.6. The monoisotopic (exact) mass is 291 g/mol. The Hall–Kier alpha value is -1.75. The van der Waals surface area contributed by atoms with Gasteiger partial charge < -0.3 is 20.6 Å². The molecule has 0 spiro atoms. The molecule has 1 aromatic carbocycles. The number of nitrogens with two attached hydrogens (primary N) is 1. The fourth-order valence-corrected chi connectivity index (χ4v) is 2.56. The topological polar surface area (TPSA) is 69.8 Å². The average Bonchev–Trinajstić information content (AvgIpc) is 2.53. The molecule has 1 amide bonds.